The van der Waals surface area contributed by atoms with Crippen molar-refractivity contribution in [2.75, 3.05) is 32.1 Å². The monoisotopic (exact) mass is 928 g/mol. The molecule has 3 heterocycles. The predicted molar refractivity (Wildman–Crippen MR) is 243 cm³/mol. The largest absolute Gasteiger partial charge is 0.504 e. The van der Waals surface area contributed by atoms with Crippen molar-refractivity contribution in [1.29, 1.82) is 0 Å². The van der Waals surface area contributed by atoms with Crippen LogP contribution in [0.4, 0.5) is 11.4 Å². The number of hydrogen-bond donors (Lipinski definition) is 5. The number of carbonyl (C=O) groups is 5. The number of anilines is 2. The fourth-order valence-corrected chi connectivity index (χ4v) is 13.6. The first kappa shape index (κ1) is 48.7. The van der Waals surface area contributed by atoms with E-state index in [1.807, 2.05) is 31.7 Å². The molecule has 15 nitrogen and oxygen atoms in total. The molecule has 2 aromatic carbocycles. The van der Waals surface area contributed by atoms with Gasteiger partial charge < -0.3 is 49.2 Å². The molecular formula is C50H60N2O13S. The molecule has 4 aliphatic carbocycles. The Morgan fingerprint density at radius 1 is 0.924 bits per heavy atom. The third kappa shape index (κ3) is 7.67. The van der Waals surface area contributed by atoms with E-state index in [4.69, 9.17) is 34.3 Å². The van der Waals surface area contributed by atoms with Crippen LogP contribution < -0.4 is 4.90 Å². The predicted octanol–water partition coefficient (Wildman–Crippen LogP) is 6.80. The summed E-state index contributed by atoms with van der Waals surface area (Å²) in [4.78, 5) is 66.6. The van der Waals surface area contributed by atoms with Crippen molar-refractivity contribution in [3.8, 4) is 0 Å². The Hall–Kier alpha value is -5.26. The lowest BCUT2D eigenvalue weighted by Gasteiger charge is -2.64. The molecule has 66 heavy (non-hydrogen) atoms. The number of benzene rings is 2. The number of rotatable bonds is 9. The first-order valence-electron chi connectivity index (χ1n) is 22.1. The van der Waals surface area contributed by atoms with E-state index in [2.05, 4.69) is 86.3 Å². The number of carboxylic acid groups (broad SMARTS) is 2. The highest BCUT2D eigenvalue weighted by Crippen LogP contribution is 2.81. The van der Waals surface area contributed by atoms with Crippen LogP contribution in [0.3, 0.4) is 0 Å². The van der Waals surface area contributed by atoms with Gasteiger partial charge in [-0.25, -0.2) is 9.59 Å². The van der Waals surface area contributed by atoms with Crippen molar-refractivity contribution < 1.29 is 63.4 Å². The Labute approximate surface area is 388 Å². The van der Waals surface area contributed by atoms with E-state index >= 15 is 0 Å². The molecule has 11 atom stereocenters. The van der Waals surface area contributed by atoms with Crippen LogP contribution in [0.5, 0.6) is 0 Å². The van der Waals surface area contributed by atoms with Crippen LogP contribution in [0.1, 0.15) is 72.8 Å². The van der Waals surface area contributed by atoms with Crippen molar-refractivity contribution in [3.63, 3.8) is 0 Å². The summed E-state index contributed by atoms with van der Waals surface area (Å²) in [6.07, 6.45) is 2.64. The topological polar surface area (TPSA) is 228 Å². The van der Waals surface area contributed by atoms with E-state index < -0.39 is 75.2 Å². The molecule has 5 N–H and O–H groups in total. The molecular weight excluding hydrogens is 869 g/mol. The summed E-state index contributed by atoms with van der Waals surface area (Å²) in [5.74, 6) is -4.76. The summed E-state index contributed by atoms with van der Waals surface area (Å²) in [6, 6.07) is 19.4. The minimum Gasteiger partial charge on any atom is -0.504 e. The molecule has 9 rings (SSSR count). The summed E-state index contributed by atoms with van der Waals surface area (Å²) in [6.45, 7) is 15.3. The number of aliphatic hydroxyl groups is 3. The second-order valence-corrected chi connectivity index (χ2v) is 21.0. The second kappa shape index (κ2) is 17.4. The molecule has 1 aromatic heterocycles. The van der Waals surface area contributed by atoms with Crippen LogP contribution in [-0.4, -0.2) is 117 Å². The normalized spacial score (nSPS) is 32.0. The zero-order chi connectivity index (χ0) is 48.5. The van der Waals surface area contributed by atoms with E-state index in [1.165, 1.54) is 28.1 Å². The maximum Gasteiger partial charge on any atom is 0.335 e. The summed E-state index contributed by atoms with van der Waals surface area (Å²) in [5, 5.41) is 44.0. The minimum atomic E-state index is -2.27. The Morgan fingerprint density at radius 3 is 2.02 bits per heavy atom. The first-order valence-corrected chi connectivity index (χ1v) is 22.9. The van der Waals surface area contributed by atoms with Crippen molar-refractivity contribution in [1.82, 2.24) is 4.90 Å². The minimum absolute atomic E-state index is 0.0453. The van der Waals surface area contributed by atoms with Gasteiger partial charge in [0.1, 0.15) is 11.7 Å². The van der Waals surface area contributed by atoms with Crippen LogP contribution in [0.2, 0.25) is 0 Å². The SMILES string of the molecule is CC(=O)OC1CC2(C)C(c3ccoc3)CC3OC32C2(C)C(=O)C(O)=C3C(C)(C)C(=O)C=CC3(C)C12.CC(CN(C)C)CN1c2ccccc2Sc2ccccc21.O=C(O)C(O)C(O)C(=O)O. The average Bonchev–Trinajstić information content (AvgIpc) is 3.61. The summed E-state index contributed by atoms with van der Waals surface area (Å²) in [5.41, 5.74) is -0.379. The van der Waals surface area contributed by atoms with Crippen molar-refractivity contribution >= 4 is 52.6 Å². The summed E-state index contributed by atoms with van der Waals surface area (Å²) in [7, 11) is 4.29. The van der Waals surface area contributed by atoms with Crippen molar-refractivity contribution in [3.05, 3.63) is 96.2 Å². The van der Waals surface area contributed by atoms with Gasteiger partial charge in [0, 0.05) is 46.6 Å². The Morgan fingerprint density at radius 2 is 1.50 bits per heavy atom. The van der Waals surface area contributed by atoms with Crippen LogP contribution in [0, 0.1) is 33.5 Å². The number of carboxylic acids is 2. The molecule has 16 heteroatoms. The molecule has 3 aromatic rings. The maximum atomic E-state index is 14.3. The number of carbonyl (C=O) groups excluding carboxylic acids is 3. The maximum absolute atomic E-state index is 14.3. The number of aliphatic carboxylic acids is 2. The van der Waals surface area contributed by atoms with Gasteiger partial charge in [0.25, 0.3) is 0 Å². The third-order valence-electron chi connectivity index (χ3n) is 14.9. The number of nitrogens with zero attached hydrogens (tertiary/aromatic N) is 2. The fourth-order valence-electron chi connectivity index (χ4n) is 12.5. The molecule has 0 amide bonds. The van der Waals surface area contributed by atoms with Gasteiger partial charge in [0.2, 0.25) is 5.78 Å². The van der Waals surface area contributed by atoms with E-state index in [9.17, 15) is 29.1 Å². The summed E-state index contributed by atoms with van der Waals surface area (Å²) < 4.78 is 17.9. The molecule has 1 spiro atoms. The number of allylic oxidation sites excluding steroid dienone is 4. The van der Waals surface area contributed by atoms with Gasteiger partial charge in [-0.1, -0.05) is 62.9 Å². The van der Waals surface area contributed by atoms with Crippen molar-refractivity contribution in [2.24, 2.45) is 33.5 Å². The number of ketones is 2. The molecule has 6 aliphatic rings. The van der Waals surface area contributed by atoms with E-state index in [-0.39, 0.29) is 23.6 Å². The number of ether oxygens (including phenoxy) is 2. The number of esters is 1. The Balaban J connectivity index is 0.000000177. The van der Waals surface area contributed by atoms with Crippen LogP contribution in [0.25, 0.3) is 0 Å². The molecule has 0 radical (unpaired) electrons. The van der Waals surface area contributed by atoms with Gasteiger partial charge in [-0.2, -0.15) is 0 Å². The third-order valence-corrected chi connectivity index (χ3v) is 16.0. The number of para-hydroxylation sites is 2. The smallest absolute Gasteiger partial charge is 0.335 e. The Bertz CT molecular complexity index is 2420. The highest BCUT2D eigenvalue weighted by molar-refractivity contribution is 7.99. The van der Waals surface area contributed by atoms with Gasteiger partial charge in [-0.3, -0.25) is 14.4 Å². The van der Waals surface area contributed by atoms with E-state index in [0.717, 1.165) is 18.7 Å². The van der Waals surface area contributed by atoms with E-state index in [1.54, 1.807) is 38.5 Å². The highest BCUT2D eigenvalue weighted by atomic mass is 32.2. The lowest BCUT2D eigenvalue weighted by molar-refractivity contribution is -0.200. The second-order valence-electron chi connectivity index (χ2n) is 19.9. The molecule has 1 saturated heterocycles. The standard InChI is InChI=1S/C28H32O7.C18H22N2S.C4H6O6/c1-14(29)34-17-12-26(5)16(15-8-10-33-13-15)11-19-28(26,35-19)27(6)21(17)25(4)9-7-18(30)24(2,3)22(25)20(31)23(27)32;1-14(12-19(2)3)13-20-15-8-4-6-10-17(15)21-18-11-7-5-9-16(18)20;5-1(3(7)8)2(6)4(9)10/h7-10,13,16-17,19,21,31H,11-12H2,1-6H3;4-11,14H,12-13H2,1-3H3;1-2,5-6H,(H,7,8)(H,9,10). The number of fused-ring (bicyclic) bond motifs is 5. The van der Waals surface area contributed by atoms with Gasteiger partial charge in [-0.15, -0.1) is 0 Å². The lowest BCUT2D eigenvalue weighted by Crippen LogP contribution is -2.70. The van der Waals surface area contributed by atoms with Crippen LogP contribution >= 0.6 is 11.8 Å². The molecule has 0 bridgehead atoms. The number of Topliss-reactive ketones (excluding diaryl/α,β-unsaturated/α-hetero) is 1. The first-order chi connectivity index (χ1) is 30.9. The molecule has 354 valence electrons. The van der Waals surface area contributed by atoms with Gasteiger partial charge in [0.05, 0.1) is 40.8 Å². The van der Waals surface area contributed by atoms with Crippen LogP contribution in [0.15, 0.2) is 105 Å². The quantitative estimate of drug-likeness (QED) is 0.110. The van der Waals surface area contributed by atoms with E-state index in [0.29, 0.717) is 24.3 Å². The zero-order valence-electron chi connectivity index (χ0n) is 38.7. The average molecular weight is 929 g/mol. The van der Waals surface area contributed by atoms with Gasteiger partial charge >= 0.3 is 17.9 Å². The number of furan rings is 1. The lowest BCUT2D eigenvalue weighted by atomic mass is 9.38. The van der Waals surface area contributed by atoms with Crippen LogP contribution in [-0.2, 0) is 33.4 Å². The van der Waals surface area contributed by atoms with Gasteiger partial charge in [-0.05, 0) is 107 Å². The molecule has 3 fully saturated rings. The Kier molecular flexibility index (Phi) is 12.9. The molecule has 2 aliphatic heterocycles. The fraction of sp³-hybridized carbons (Fsp3) is 0.500. The van der Waals surface area contributed by atoms with Crippen molar-refractivity contribution in [2.45, 2.75) is 107 Å². The number of hydrogen-bond acceptors (Lipinski definition) is 14. The van der Waals surface area contributed by atoms with Gasteiger partial charge in [0.15, 0.2) is 23.8 Å². The molecule has 11 unspecified atom stereocenters. The summed E-state index contributed by atoms with van der Waals surface area (Å²) >= 11 is 1.88. The number of epoxide rings is 1. The zero-order valence-corrected chi connectivity index (χ0v) is 39.5. The molecule has 2 saturated carbocycles. The highest BCUT2D eigenvalue weighted by Gasteiger charge is 2.89. The number of aliphatic hydroxyl groups excluding tert-OH is 3.